The number of amides is 1. The number of hydrogen-bond acceptors (Lipinski definition) is 3. The number of benzene rings is 1. The molecule has 3 nitrogen and oxygen atoms in total. The number of nitrogens with zero attached hydrogens (tertiary/aromatic N) is 1. The molecule has 0 spiro atoms. The molecule has 1 aromatic carbocycles. The van der Waals surface area contributed by atoms with Crippen LogP contribution in [0.25, 0.3) is 0 Å². The van der Waals surface area contributed by atoms with Crippen LogP contribution in [0.4, 0.5) is 5.82 Å². The number of thioether (sulfide) groups is 1. The maximum atomic E-state index is 12.4. The SMILES string of the molecule is Cc1ccnc(NC(=O)c2ccccc2SC(C)C)c1. The summed E-state index contributed by atoms with van der Waals surface area (Å²) in [5, 5.41) is 3.28. The van der Waals surface area contributed by atoms with Crippen molar-refractivity contribution in [3.63, 3.8) is 0 Å². The molecule has 1 aromatic heterocycles. The number of hydrogen-bond donors (Lipinski definition) is 1. The summed E-state index contributed by atoms with van der Waals surface area (Å²) in [4.78, 5) is 17.5. The summed E-state index contributed by atoms with van der Waals surface area (Å²) in [6, 6.07) is 11.4. The van der Waals surface area contributed by atoms with Gasteiger partial charge in [-0.3, -0.25) is 4.79 Å². The van der Waals surface area contributed by atoms with E-state index in [4.69, 9.17) is 0 Å². The molecule has 0 saturated heterocycles. The highest BCUT2D eigenvalue weighted by Crippen LogP contribution is 2.27. The molecule has 104 valence electrons. The van der Waals surface area contributed by atoms with Crippen LogP contribution in [0.5, 0.6) is 0 Å². The second-order valence-electron chi connectivity index (χ2n) is 4.84. The summed E-state index contributed by atoms with van der Waals surface area (Å²) >= 11 is 1.69. The van der Waals surface area contributed by atoms with Gasteiger partial charge in [0.2, 0.25) is 0 Å². The molecule has 1 N–H and O–H groups in total. The molecule has 0 bridgehead atoms. The van der Waals surface area contributed by atoms with Crippen LogP contribution >= 0.6 is 11.8 Å². The molecule has 4 heteroatoms. The summed E-state index contributed by atoms with van der Waals surface area (Å²) in [5.41, 5.74) is 1.76. The molecule has 0 aliphatic heterocycles. The maximum Gasteiger partial charge on any atom is 0.257 e. The summed E-state index contributed by atoms with van der Waals surface area (Å²) < 4.78 is 0. The van der Waals surface area contributed by atoms with Crippen LogP contribution in [0.15, 0.2) is 47.5 Å². The lowest BCUT2D eigenvalue weighted by atomic mass is 10.2. The van der Waals surface area contributed by atoms with E-state index < -0.39 is 0 Å². The highest BCUT2D eigenvalue weighted by Gasteiger charge is 2.13. The topological polar surface area (TPSA) is 42.0 Å². The first-order valence-electron chi connectivity index (χ1n) is 6.56. The lowest BCUT2D eigenvalue weighted by Gasteiger charge is -2.11. The molecule has 0 unspecified atom stereocenters. The number of aryl methyl sites for hydroxylation is 1. The zero-order chi connectivity index (χ0) is 14.5. The molecule has 0 fully saturated rings. The Morgan fingerprint density at radius 3 is 2.70 bits per heavy atom. The van der Waals surface area contributed by atoms with Gasteiger partial charge in [-0.1, -0.05) is 26.0 Å². The van der Waals surface area contributed by atoms with Gasteiger partial charge < -0.3 is 5.32 Å². The molecule has 0 atom stereocenters. The second kappa shape index (κ2) is 6.57. The molecule has 1 amide bonds. The van der Waals surface area contributed by atoms with Gasteiger partial charge in [0.15, 0.2) is 0 Å². The van der Waals surface area contributed by atoms with E-state index in [9.17, 15) is 4.79 Å². The van der Waals surface area contributed by atoms with E-state index in [0.29, 0.717) is 16.6 Å². The Morgan fingerprint density at radius 2 is 2.00 bits per heavy atom. The Morgan fingerprint density at radius 1 is 1.25 bits per heavy atom. The van der Waals surface area contributed by atoms with Crippen molar-refractivity contribution in [2.75, 3.05) is 5.32 Å². The minimum absolute atomic E-state index is 0.119. The van der Waals surface area contributed by atoms with Gasteiger partial charge in [0.05, 0.1) is 5.56 Å². The Bertz CT molecular complexity index is 611. The molecular formula is C16H18N2OS. The molecule has 0 aliphatic rings. The fraction of sp³-hybridized carbons (Fsp3) is 0.250. The number of rotatable bonds is 4. The first kappa shape index (κ1) is 14.6. The van der Waals surface area contributed by atoms with Gasteiger partial charge in [-0.05, 0) is 36.8 Å². The van der Waals surface area contributed by atoms with E-state index in [1.54, 1.807) is 18.0 Å². The van der Waals surface area contributed by atoms with Crippen LogP contribution < -0.4 is 5.32 Å². The first-order chi connectivity index (χ1) is 9.56. The van der Waals surface area contributed by atoms with Crippen molar-refractivity contribution in [2.45, 2.75) is 30.9 Å². The van der Waals surface area contributed by atoms with Crippen LogP contribution in [0.3, 0.4) is 0 Å². The van der Waals surface area contributed by atoms with E-state index in [0.717, 1.165) is 10.5 Å². The fourth-order valence-electron chi connectivity index (χ4n) is 1.80. The number of pyridine rings is 1. The minimum atomic E-state index is -0.119. The van der Waals surface area contributed by atoms with Crippen LogP contribution in [-0.4, -0.2) is 16.1 Å². The van der Waals surface area contributed by atoms with E-state index >= 15 is 0 Å². The van der Waals surface area contributed by atoms with Gasteiger partial charge in [-0.2, -0.15) is 0 Å². The van der Waals surface area contributed by atoms with Gasteiger partial charge in [0, 0.05) is 16.3 Å². The normalized spacial score (nSPS) is 10.6. The standard InChI is InChI=1S/C16H18N2OS/c1-11(2)20-14-7-5-4-6-13(14)16(19)18-15-10-12(3)8-9-17-15/h4-11H,1-3H3,(H,17,18,19). The van der Waals surface area contributed by atoms with Crippen LogP contribution in [0, 0.1) is 6.92 Å². The summed E-state index contributed by atoms with van der Waals surface area (Å²) in [6.45, 7) is 6.20. The third kappa shape index (κ3) is 3.84. The van der Waals surface area contributed by atoms with Crippen molar-refractivity contribution in [3.05, 3.63) is 53.7 Å². The predicted molar refractivity (Wildman–Crippen MR) is 84.4 cm³/mol. The van der Waals surface area contributed by atoms with E-state index in [1.807, 2.05) is 43.3 Å². The predicted octanol–water partition coefficient (Wildman–Crippen LogP) is 4.14. The Labute approximate surface area is 123 Å². The summed E-state index contributed by atoms with van der Waals surface area (Å²) in [7, 11) is 0. The van der Waals surface area contributed by atoms with Crippen LogP contribution in [-0.2, 0) is 0 Å². The Kier molecular flexibility index (Phi) is 4.79. The van der Waals surface area contributed by atoms with Crippen molar-refractivity contribution in [3.8, 4) is 0 Å². The van der Waals surface area contributed by atoms with Crippen molar-refractivity contribution in [2.24, 2.45) is 0 Å². The zero-order valence-electron chi connectivity index (χ0n) is 11.9. The monoisotopic (exact) mass is 286 g/mol. The van der Waals surface area contributed by atoms with Gasteiger partial charge in [-0.15, -0.1) is 11.8 Å². The Balaban J connectivity index is 2.21. The summed E-state index contributed by atoms with van der Waals surface area (Å²) in [6.07, 6.45) is 1.69. The molecule has 0 saturated carbocycles. The third-order valence-electron chi connectivity index (χ3n) is 2.65. The largest absolute Gasteiger partial charge is 0.307 e. The fourth-order valence-corrected chi connectivity index (χ4v) is 2.75. The van der Waals surface area contributed by atoms with Gasteiger partial charge in [0.25, 0.3) is 5.91 Å². The average Bonchev–Trinajstić information content (AvgIpc) is 2.38. The van der Waals surface area contributed by atoms with Crippen LogP contribution in [0.2, 0.25) is 0 Å². The third-order valence-corrected chi connectivity index (χ3v) is 3.73. The number of aromatic nitrogens is 1. The average molecular weight is 286 g/mol. The van der Waals surface area contributed by atoms with E-state index in [1.165, 1.54) is 0 Å². The second-order valence-corrected chi connectivity index (χ2v) is 6.45. The quantitative estimate of drug-likeness (QED) is 0.859. The van der Waals surface area contributed by atoms with Gasteiger partial charge in [-0.25, -0.2) is 4.98 Å². The van der Waals surface area contributed by atoms with E-state index in [-0.39, 0.29) is 5.91 Å². The Hall–Kier alpha value is -1.81. The lowest BCUT2D eigenvalue weighted by molar-refractivity contribution is 0.102. The molecular weight excluding hydrogens is 268 g/mol. The first-order valence-corrected chi connectivity index (χ1v) is 7.44. The highest BCUT2D eigenvalue weighted by atomic mass is 32.2. The summed E-state index contributed by atoms with van der Waals surface area (Å²) in [5.74, 6) is 0.464. The minimum Gasteiger partial charge on any atom is -0.307 e. The molecule has 0 aliphatic carbocycles. The number of carbonyl (C=O) groups is 1. The maximum absolute atomic E-state index is 12.4. The van der Waals surface area contributed by atoms with Gasteiger partial charge in [0.1, 0.15) is 5.82 Å². The van der Waals surface area contributed by atoms with E-state index in [2.05, 4.69) is 24.1 Å². The zero-order valence-corrected chi connectivity index (χ0v) is 12.7. The molecule has 0 radical (unpaired) electrons. The van der Waals surface area contributed by atoms with Crippen molar-refractivity contribution >= 4 is 23.5 Å². The van der Waals surface area contributed by atoms with Gasteiger partial charge >= 0.3 is 0 Å². The highest BCUT2D eigenvalue weighted by molar-refractivity contribution is 8.00. The number of carbonyl (C=O) groups excluding carboxylic acids is 1. The molecule has 2 rings (SSSR count). The van der Waals surface area contributed by atoms with Crippen molar-refractivity contribution in [1.29, 1.82) is 0 Å². The van der Waals surface area contributed by atoms with Crippen molar-refractivity contribution < 1.29 is 4.79 Å². The lowest BCUT2D eigenvalue weighted by Crippen LogP contribution is -2.14. The molecule has 20 heavy (non-hydrogen) atoms. The number of nitrogens with one attached hydrogen (secondary N) is 1. The van der Waals surface area contributed by atoms with Crippen LogP contribution in [0.1, 0.15) is 29.8 Å². The molecule has 1 heterocycles. The number of anilines is 1. The van der Waals surface area contributed by atoms with Crippen molar-refractivity contribution in [1.82, 2.24) is 4.98 Å². The molecule has 2 aromatic rings. The smallest absolute Gasteiger partial charge is 0.257 e.